The molecule has 166 valence electrons. The van der Waals surface area contributed by atoms with Crippen LogP contribution in [0.4, 0.5) is 11.5 Å². The Kier molecular flexibility index (Phi) is 7.39. The summed E-state index contributed by atoms with van der Waals surface area (Å²) in [7, 11) is -3.84. The molecule has 1 amide bonds. The highest BCUT2D eigenvalue weighted by Gasteiger charge is 2.23. The molecule has 32 heavy (non-hydrogen) atoms. The number of carbonyl (C=O) groups excluding carboxylic acids is 2. The third-order valence-corrected chi connectivity index (χ3v) is 5.79. The van der Waals surface area contributed by atoms with E-state index in [-0.39, 0.29) is 27.9 Å². The number of amides is 1. The van der Waals surface area contributed by atoms with Crippen LogP contribution in [0.15, 0.2) is 71.9 Å². The van der Waals surface area contributed by atoms with Gasteiger partial charge in [0.2, 0.25) is 0 Å². The second kappa shape index (κ2) is 10.2. The molecule has 0 bridgehead atoms. The molecule has 2 aromatic heterocycles. The molecule has 0 radical (unpaired) electrons. The van der Waals surface area contributed by atoms with Crippen LogP contribution in [0.1, 0.15) is 23.7 Å². The molecule has 9 nitrogen and oxygen atoms in total. The Bertz CT molecular complexity index is 1200. The van der Waals surface area contributed by atoms with Gasteiger partial charge in [0.25, 0.3) is 15.9 Å². The zero-order valence-electron chi connectivity index (χ0n) is 16.9. The largest absolute Gasteiger partial charge is 0.449 e. The van der Waals surface area contributed by atoms with Gasteiger partial charge in [0.15, 0.2) is 6.10 Å². The van der Waals surface area contributed by atoms with E-state index < -0.39 is 28.0 Å². The van der Waals surface area contributed by atoms with Crippen molar-refractivity contribution in [1.82, 2.24) is 9.97 Å². The minimum atomic E-state index is -3.84. The summed E-state index contributed by atoms with van der Waals surface area (Å²) < 4.78 is 32.6. The number of sulfonamides is 1. The summed E-state index contributed by atoms with van der Waals surface area (Å²) in [6.45, 7) is 1.69. The molecule has 0 saturated carbocycles. The minimum Gasteiger partial charge on any atom is -0.449 e. The van der Waals surface area contributed by atoms with E-state index in [1.165, 1.54) is 54.9 Å². The fourth-order valence-electron chi connectivity index (χ4n) is 2.61. The monoisotopic (exact) mass is 474 g/mol. The average molecular weight is 475 g/mol. The van der Waals surface area contributed by atoms with Crippen molar-refractivity contribution in [3.8, 4) is 0 Å². The van der Waals surface area contributed by atoms with E-state index in [9.17, 15) is 18.0 Å². The number of aromatic nitrogens is 2. The number of halogens is 1. The summed E-state index contributed by atoms with van der Waals surface area (Å²) in [4.78, 5) is 32.5. The molecule has 0 saturated heterocycles. The number of nitrogens with zero attached hydrogens (tertiary/aromatic N) is 2. The maximum absolute atomic E-state index is 12.5. The van der Waals surface area contributed by atoms with Crippen molar-refractivity contribution in [2.24, 2.45) is 0 Å². The molecule has 0 spiro atoms. The number of anilines is 2. The van der Waals surface area contributed by atoms with Crippen molar-refractivity contribution in [2.45, 2.75) is 24.3 Å². The lowest BCUT2D eigenvalue weighted by molar-refractivity contribution is -0.124. The summed E-state index contributed by atoms with van der Waals surface area (Å²) in [6, 6.07) is 13.2. The van der Waals surface area contributed by atoms with E-state index >= 15 is 0 Å². The number of benzene rings is 1. The standard InChI is InChI=1S/C21H19ClN4O5S/c1-2-17(31-21(28)14-10-12-23-18(22)13-14)20(27)25-15-6-8-16(9-7-15)32(29,30)26-19-5-3-4-11-24-19/h3-13,17H,2H2,1H3,(H,24,26)(H,25,27). The third-order valence-electron chi connectivity index (χ3n) is 4.21. The molecule has 0 aliphatic carbocycles. The van der Waals surface area contributed by atoms with Crippen LogP contribution in [-0.2, 0) is 19.6 Å². The Labute approximate surface area is 189 Å². The van der Waals surface area contributed by atoms with E-state index in [1.54, 1.807) is 19.1 Å². The Morgan fingerprint density at radius 3 is 2.44 bits per heavy atom. The van der Waals surface area contributed by atoms with Gasteiger partial charge in [0.05, 0.1) is 10.5 Å². The lowest BCUT2D eigenvalue weighted by Gasteiger charge is -2.16. The van der Waals surface area contributed by atoms with Gasteiger partial charge in [-0.05, 0) is 55.0 Å². The SMILES string of the molecule is CCC(OC(=O)c1ccnc(Cl)c1)C(=O)Nc1ccc(S(=O)(=O)Nc2ccccn2)cc1. The topological polar surface area (TPSA) is 127 Å². The van der Waals surface area contributed by atoms with E-state index in [0.29, 0.717) is 5.69 Å². The van der Waals surface area contributed by atoms with Crippen LogP contribution < -0.4 is 10.0 Å². The van der Waals surface area contributed by atoms with Crippen molar-refractivity contribution in [2.75, 3.05) is 10.0 Å². The molecule has 3 rings (SSSR count). The molecule has 1 unspecified atom stereocenters. The van der Waals surface area contributed by atoms with Crippen LogP contribution in [0.25, 0.3) is 0 Å². The normalized spacial score (nSPS) is 11.9. The quantitative estimate of drug-likeness (QED) is 0.377. The Morgan fingerprint density at radius 1 is 1.06 bits per heavy atom. The van der Waals surface area contributed by atoms with Crippen molar-refractivity contribution in [3.05, 3.63) is 77.7 Å². The first-order chi connectivity index (χ1) is 15.3. The molecular weight excluding hydrogens is 456 g/mol. The molecule has 2 N–H and O–H groups in total. The number of ether oxygens (including phenoxy) is 1. The number of pyridine rings is 2. The first-order valence-electron chi connectivity index (χ1n) is 9.46. The number of hydrogen-bond donors (Lipinski definition) is 2. The lowest BCUT2D eigenvalue weighted by Crippen LogP contribution is -2.32. The predicted octanol–water partition coefficient (Wildman–Crippen LogP) is 3.50. The fraction of sp³-hybridized carbons (Fsp3) is 0.143. The van der Waals surface area contributed by atoms with Gasteiger partial charge < -0.3 is 10.1 Å². The number of nitrogens with one attached hydrogen (secondary N) is 2. The molecule has 11 heteroatoms. The smallest absolute Gasteiger partial charge is 0.339 e. The van der Waals surface area contributed by atoms with E-state index in [1.807, 2.05) is 0 Å². The average Bonchev–Trinajstić information content (AvgIpc) is 2.78. The maximum Gasteiger partial charge on any atom is 0.339 e. The van der Waals surface area contributed by atoms with Gasteiger partial charge >= 0.3 is 5.97 Å². The Morgan fingerprint density at radius 2 is 1.81 bits per heavy atom. The van der Waals surface area contributed by atoms with Gasteiger partial charge in [-0.15, -0.1) is 0 Å². The molecule has 0 aliphatic heterocycles. The van der Waals surface area contributed by atoms with E-state index in [4.69, 9.17) is 16.3 Å². The van der Waals surface area contributed by atoms with Gasteiger partial charge in [0, 0.05) is 18.1 Å². The van der Waals surface area contributed by atoms with Crippen LogP contribution in [0.2, 0.25) is 5.15 Å². The summed E-state index contributed by atoms with van der Waals surface area (Å²) in [6.07, 6.45) is 2.01. The van der Waals surface area contributed by atoms with Crippen LogP contribution in [0, 0.1) is 0 Å². The lowest BCUT2D eigenvalue weighted by atomic mass is 10.2. The van der Waals surface area contributed by atoms with Crippen molar-refractivity contribution in [1.29, 1.82) is 0 Å². The predicted molar refractivity (Wildman–Crippen MR) is 119 cm³/mol. The molecule has 0 aliphatic rings. The van der Waals surface area contributed by atoms with Crippen molar-refractivity contribution >= 4 is 45.0 Å². The van der Waals surface area contributed by atoms with Crippen LogP contribution in [-0.4, -0.2) is 36.4 Å². The number of esters is 1. The molecule has 2 heterocycles. The molecule has 3 aromatic rings. The van der Waals surface area contributed by atoms with Crippen LogP contribution in [0.5, 0.6) is 0 Å². The minimum absolute atomic E-state index is 0.00538. The zero-order chi connectivity index (χ0) is 23.1. The van der Waals surface area contributed by atoms with Crippen LogP contribution in [0.3, 0.4) is 0 Å². The Balaban J connectivity index is 1.64. The second-order valence-corrected chi connectivity index (χ2v) is 8.57. The van der Waals surface area contributed by atoms with Crippen molar-refractivity contribution in [3.63, 3.8) is 0 Å². The third kappa shape index (κ3) is 6.02. The highest BCUT2D eigenvalue weighted by Crippen LogP contribution is 2.18. The molecule has 1 atom stereocenters. The van der Waals surface area contributed by atoms with Crippen molar-refractivity contribution < 1.29 is 22.7 Å². The molecule has 0 fully saturated rings. The maximum atomic E-state index is 12.5. The number of carbonyl (C=O) groups is 2. The Hall–Kier alpha value is -3.50. The zero-order valence-corrected chi connectivity index (χ0v) is 18.4. The number of hydrogen-bond acceptors (Lipinski definition) is 7. The summed E-state index contributed by atoms with van der Waals surface area (Å²) in [5.74, 6) is -1.07. The summed E-state index contributed by atoms with van der Waals surface area (Å²) in [5.41, 5.74) is 0.513. The summed E-state index contributed by atoms with van der Waals surface area (Å²) in [5, 5.41) is 2.74. The fourth-order valence-corrected chi connectivity index (χ4v) is 3.79. The van der Waals surface area contributed by atoms with Crippen LogP contribution >= 0.6 is 11.6 Å². The van der Waals surface area contributed by atoms with Gasteiger partial charge in [0.1, 0.15) is 11.0 Å². The highest BCUT2D eigenvalue weighted by molar-refractivity contribution is 7.92. The number of rotatable bonds is 8. The van der Waals surface area contributed by atoms with Gasteiger partial charge in [-0.1, -0.05) is 24.6 Å². The molecule has 1 aromatic carbocycles. The van der Waals surface area contributed by atoms with Gasteiger partial charge in [-0.2, -0.15) is 0 Å². The molecular formula is C21H19ClN4O5S. The van der Waals surface area contributed by atoms with Gasteiger partial charge in [-0.3, -0.25) is 9.52 Å². The van der Waals surface area contributed by atoms with E-state index in [2.05, 4.69) is 20.0 Å². The first-order valence-corrected chi connectivity index (χ1v) is 11.3. The first kappa shape index (κ1) is 23.2. The van der Waals surface area contributed by atoms with E-state index in [0.717, 1.165) is 0 Å². The second-order valence-electron chi connectivity index (χ2n) is 6.50. The summed E-state index contributed by atoms with van der Waals surface area (Å²) >= 11 is 5.77. The highest BCUT2D eigenvalue weighted by atomic mass is 35.5. The van der Waals surface area contributed by atoms with Gasteiger partial charge in [-0.25, -0.2) is 23.2 Å².